The summed E-state index contributed by atoms with van der Waals surface area (Å²) in [5.41, 5.74) is 1.91. The number of nitrogens with one attached hydrogen (secondary N) is 1. The lowest BCUT2D eigenvalue weighted by molar-refractivity contribution is -0.136. The Hall–Kier alpha value is -1.79. The maximum absolute atomic E-state index is 10.5. The summed E-state index contributed by atoms with van der Waals surface area (Å²) in [7, 11) is 1.84. The highest BCUT2D eigenvalue weighted by atomic mass is 16.4. The molecule has 1 rings (SSSR count). The number of carboxylic acid groups (broad SMARTS) is 1. The average Bonchev–Trinajstić information content (AvgIpc) is 2.28. The van der Waals surface area contributed by atoms with Crippen LogP contribution in [-0.2, 0) is 11.2 Å². The smallest absolute Gasteiger partial charge is 0.303 e. The van der Waals surface area contributed by atoms with Crippen LogP contribution in [0.4, 0.5) is 0 Å². The third-order valence-corrected chi connectivity index (χ3v) is 2.11. The van der Waals surface area contributed by atoms with Crippen molar-refractivity contribution in [3.05, 3.63) is 35.4 Å². The maximum Gasteiger partial charge on any atom is 0.303 e. The highest BCUT2D eigenvalue weighted by molar-refractivity contribution is 5.67. The summed E-state index contributed by atoms with van der Waals surface area (Å²) in [6.45, 7) is 0.632. The molecule has 3 nitrogen and oxygen atoms in total. The minimum Gasteiger partial charge on any atom is -0.481 e. The van der Waals surface area contributed by atoms with Crippen LogP contribution in [0.15, 0.2) is 24.3 Å². The molecule has 84 valence electrons. The number of hydrogen-bond donors (Lipinski definition) is 2. The molecule has 0 amide bonds. The molecule has 0 saturated carbocycles. The van der Waals surface area contributed by atoms with Gasteiger partial charge in [0.05, 0.1) is 6.54 Å². The Morgan fingerprint density at radius 1 is 1.44 bits per heavy atom. The summed E-state index contributed by atoms with van der Waals surface area (Å²) >= 11 is 0. The fraction of sp³-hybridized carbons (Fsp3) is 0.308. The van der Waals surface area contributed by atoms with Gasteiger partial charge in [0, 0.05) is 12.0 Å². The third kappa shape index (κ3) is 4.16. The Morgan fingerprint density at radius 3 is 2.88 bits per heavy atom. The van der Waals surface area contributed by atoms with Crippen LogP contribution in [0.1, 0.15) is 17.5 Å². The van der Waals surface area contributed by atoms with Gasteiger partial charge in [0.1, 0.15) is 0 Å². The van der Waals surface area contributed by atoms with E-state index in [9.17, 15) is 4.79 Å². The van der Waals surface area contributed by atoms with Gasteiger partial charge in [0.25, 0.3) is 0 Å². The van der Waals surface area contributed by atoms with Crippen LogP contribution in [0, 0.1) is 11.8 Å². The highest BCUT2D eigenvalue weighted by Crippen LogP contribution is 2.09. The van der Waals surface area contributed by atoms with Gasteiger partial charge in [-0.2, -0.15) is 0 Å². The molecule has 0 unspecified atom stereocenters. The number of benzene rings is 1. The Morgan fingerprint density at radius 2 is 2.19 bits per heavy atom. The number of aliphatic carboxylic acids is 1. The zero-order valence-corrected chi connectivity index (χ0v) is 9.29. The summed E-state index contributed by atoms with van der Waals surface area (Å²) in [5.74, 6) is 5.22. The van der Waals surface area contributed by atoms with E-state index in [0.29, 0.717) is 13.0 Å². The molecule has 0 aliphatic carbocycles. The van der Waals surface area contributed by atoms with E-state index in [0.717, 1.165) is 11.1 Å². The third-order valence-electron chi connectivity index (χ3n) is 2.11. The lowest BCUT2D eigenvalue weighted by Crippen LogP contribution is -2.04. The number of aryl methyl sites for hydroxylation is 1. The minimum absolute atomic E-state index is 0.144. The van der Waals surface area contributed by atoms with E-state index in [1.165, 1.54) is 0 Å². The molecule has 0 heterocycles. The highest BCUT2D eigenvalue weighted by Gasteiger charge is 2.02. The second kappa shape index (κ2) is 6.65. The summed E-state index contributed by atoms with van der Waals surface area (Å²) in [5, 5.41) is 11.6. The topological polar surface area (TPSA) is 49.3 Å². The van der Waals surface area contributed by atoms with Gasteiger partial charge in [-0.1, -0.05) is 30.0 Å². The van der Waals surface area contributed by atoms with Crippen molar-refractivity contribution < 1.29 is 9.90 Å². The van der Waals surface area contributed by atoms with Crippen LogP contribution >= 0.6 is 0 Å². The standard InChI is InChI=1S/C13H15NO2/c1-14-10-4-7-11-5-2-3-6-12(11)8-9-13(15)16/h2-3,5-6,14H,8-10H2,1H3,(H,15,16). The summed E-state index contributed by atoms with van der Waals surface area (Å²) in [6.07, 6.45) is 0.671. The van der Waals surface area contributed by atoms with Crippen LogP contribution in [0.25, 0.3) is 0 Å². The first-order chi connectivity index (χ1) is 7.74. The molecule has 0 aromatic heterocycles. The van der Waals surface area contributed by atoms with E-state index in [-0.39, 0.29) is 6.42 Å². The van der Waals surface area contributed by atoms with Crippen molar-refractivity contribution in [2.24, 2.45) is 0 Å². The quantitative estimate of drug-likeness (QED) is 0.747. The van der Waals surface area contributed by atoms with E-state index in [1.54, 1.807) is 0 Å². The molecular formula is C13H15NO2. The van der Waals surface area contributed by atoms with Crippen molar-refractivity contribution >= 4 is 5.97 Å². The predicted molar refractivity (Wildman–Crippen MR) is 63.2 cm³/mol. The summed E-state index contributed by atoms with van der Waals surface area (Å²) < 4.78 is 0. The largest absolute Gasteiger partial charge is 0.481 e. The van der Waals surface area contributed by atoms with Gasteiger partial charge in [0.2, 0.25) is 0 Å². The van der Waals surface area contributed by atoms with Gasteiger partial charge >= 0.3 is 5.97 Å². The molecule has 0 fully saturated rings. The number of carbonyl (C=O) groups is 1. The van der Waals surface area contributed by atoms with Crippen LogP contribution in [0.3, 0.4) is 0 Å². The van der Waals surface area contributed by atoms with Crippen molar-refractivity contribution in [2.45, 2.75) is 12.8 Å². The van der Waals surface area contributed by atoms with Crippen LogP contribution in [0.2, 0.25) is 0 Å². The monoisotopic (exact) mass is 217 g/mol. The number of rotatable bonds is 4. The summed E-state index contributed by atoms with van der Waals surface area (Å²) in [6, 6.07) is 7.65. The van der Waals surface area contributed by atoms with E-state index >= 15 is 0 Å². The fourth-order valence-electron chi connectivity index (χ4n) is 1.33. The number of carboxylic acids is 1. The SMILES string of the molecule is CNCC#Cc1ccccc1CCC(=O)O. The Kier molecular flexibility index (Phi) is 5.10. The Bertz CT molecular complexity index is 415. The van der Waals surface area contributed by atoms with Gasteiger partial charge in [-0.05, 0) is 25.1 Å². The maximum atomic E-state index is 10.5. The lowest BCUT2D eigenvalue weighted by Gasteiger charge is -2.01. The van der Waals surface area contributed by atoms with Gasteiger partial charge in [0.15, 0.2) is 0 Å². The predicted octanol–water partition coefficient (Wildman–Crippen LogP) is 1.27. The Balaban J connectivity index is 2.76. The molecular weight excluding hydrogens is 202 g/mol. The van der Waals surface area contributed by atoms with Crippen LogP contribution < -0.4 is 5.32 Å². The average molecular weight is 217 g/mol. The minimum atomic E-state index is -0.780. The van der Waals surface area contributed by atoms with Gasteiger partial charge in [-0.15, -0.1) is 0 Å². The molecule has 1 aromatic carbocycles. The van der Waals surface area contributed by atoms with E-state index < -0.39 is 5.97 Å². The molecule has 0 bridgehead atoms. The van der Waals surface area contributed by atoms with Crippen LogP contribution in [0.5, 0.6) is 0 Å². The number of hydrogen-bond acceptors (Lipinski definition) is 2. The van der Waals surface area contributed by atoms with Gasteiger partial charge < -0.3 is 10.4 Å². The fourth-order valence-corrected chi connectivity index (χ4v) is 1.33. The molecule has 0 spiro atoms. The Labute approximate surface area is 95.5 Å². The zero-order chi connectivity index (χ0) is 11.8. The van der Waals surface area contributed by atoms with Crippen molar-refractivity contribution in [3.8, 4) is 11.8 Å². The second-order valence-corrected chi connectivity index (χ2v) is 3.38. The molecule has 0 aliphatic heterocycles. The van der Waals surface area contributed by atoms with Crippen LogP contribution in [-0.4, -0.2) is 24.7 Å². The molecule has 0 radical (unpaired) electrons. The molecule has 0 atom stereocenters. The van der Waals surface area contributed by atoms with Crippen molar-refractivity contribution in [1.82, 2.24) is 5.32 Å². The van der Waals surface area contributed by atoms with Crippen molar-refractivity contribution in [2.75, 3.05) is 13.6 Å². The normalized spacial score (nSPS) is 9.31. The van der Waals surface area contributed by atoms with Gasteiger partial charge in [-0.3, -0.25) is 4.79 Å². The van der Waals surface area contributed by atoms with Gasteiger partial charge in [-0.25, -0.2) is 0 Å². The van der Waals surface area contributed by atoms with E-state index in [1.807, 2.05) is 31.3 Å². The molecule has 3 heteroatoms. The second-order valence-electron chi connectivity index (χ2n) is 3.38. The van der Waals surface area contributed by atoms with E-state index in [2.05, 4.69) is 17.2 Å². The zero-order valence-electron chi connectivity index (χ0n) is 9.29. The van der Waals surface area contributed by atoms with Crippen molar-refractivity contribution in [3.63, 3.8) is 0 Å². The molecule has 0 aliphatic rings. The molecule has 0 saturated heterocycles. The van der Waals surface area contributed by atoms with Crippen molar-refractivity contribution in [1.29, 1.82) is 0 Å². The van der Waals surface area contributed by atoms with E-state index in [4.69, 9.17) is 5.11 Å². The first-order valence-corrected chi connectivity index (χ1v) is 5.17. The summed E-state index contributed by atoms with van der Waals surface area (Å²) in [4.78, 5) is 10.5. The molecule has 2 N–H and O–H groups in total. The molecule has 16 heavy (non-hydrogen) atoms. The lowest BCUT2D eigenvalue weighted by atomic mass is 10.0. The molecule has 1 aromatic rings. The first kappa shape index (κ1) is 12.3. The first-order valence-electron chi connectivity index (χ1n) is 5.17.